The van der Waals surface area contributed by atoms with E-state index in [9.17, 15) is 13.2 Å². The molecule has 0 aliphatic carbocycles. The molecule has 17 rings (SSSR count). The zero-order chi connectivity index (χ0) is 71.6. The summed E-state index contributed by atoms with van der Waals surface area (Å²) < 4.78 is 72.7. The number of aliphatic hydroxyl groups is 1. The third-order valence-corrected chi connectivity index (χ3v) is 18.4. The maximum Gasteiger partial charge on any atom is 0.222 e. The van der Waals surface area contributed by atoms with E-state index in [4.69, 9.17) is 46.1 Å². The maximum absolute atomic E-state index is 14.8. The van der Waals surface area contributed by atoms with Gasteiger partial charge in [0.25, 0.3) is 0 Å². The molecule has 2 aliphatic rings. The lowest BCUT2D eigenvalue weighted by Crippen LogP contribution is -2.38. The van der Waals surface area contributed by atoms with E-state index in [0.717, 1.165) is 142 Å². The molecule has 11 aromatic heterocycles. The second-order valence-electron chi connectivity index (χ2n) is 24.6. The van der Waals surface area contributed by atoms with Gasteiger partial charge in [0, 0.05) is 150 Å². The summed E-state index contributed by atoms with van der Waals surface area (Å²) >= 11 is 6.18. The second-order valence-corrected chi connectivity index (χ2v) is 25.0. The number of anilines is 1. The predicted molar refractivity (Wildman–Crippen MR) is 400 cm³/mol. The number of hydrogen-bond acceptors (Lipinski definition) is 20. The van der Waals surface area contributed by atoms with E-state index >= 15 is 0 Å². The van der Waals surface area contributed by atoms with E-state index in [1.165, 1.54) is 24.3 Å². The van der Waals surface area contributed by atoms with Gasteiger partial charge in [-0.15, -0.1) is 0 Å². The van der Waals surface area contributed by atoms with Crippen molar-refractivity contribution in [2.75, 3.05) is 97.9 Å². The van der Waals surface area contributed by atoms with Crippen LogP contribution in [0.25, 0.3) is 133 Å². The zero-order valence-electron chi connectivity index (χ0n) is 56.5. The standard InChI is InChI=1S/C28H23ClFN5O2.C28H24FN5O2.C25H19FN4O2/c29-18-3-4-25(30)22(14-18)26-15-21(20-2-1-6-32-27(20)34-26)23-17-33-28(24-16-31-7-5-19(23)24)37-13-10-35-8-11-36-12-9-35;29-25-6-2-1-4-21(25)26-16-22(20-5-3-8-31-27(20)33-26)23-18-32-28(24-17-30-9-7-19(23)24)36-15-12-34-10-13-35-14-11-34;26-20-6-2-1-4-18(20)21-14-19(17-5-3-10-29-25(17)30-21)15-7-8-22(32-13-12-31)23-16(15)9-11-28-24(23)27/h1-7,14-17H,8-13H2;1-9,16-18H,10-15H2;1-11,14,31H,12-13H2,(H2,27,28). The number of morpholine rings is 2. The Hall–Kier alpha value is -11.8. The lowest BCUT2D eigenvalue weighted by Gasteiger charge is -2.26. The Kier molecular flexibility index (Phi) is 20.9. The molecule has 4 aromatic carbocycles. The summed E-state index contributed by atoms with van der Waals surface area (Å²) in [5.74, 6) is 0.833. The number of benzene rings is 4. The zero-order valence-corrected chi connectivity index (χ0v) is 57.3. The summed E-state index contributed by atoms with van der Waals surface area (Å²) in [6.45, 7) is 9.28. The first-order valence-corrected chi connectivity index (χ1v) is 34.5. The Labute approximate surface area is 605 Å². The molecule has 524 valence electrons. The van der Waals surface area contributed by atoms with Crippen molar-refractivity contribution in [2.24, 2.45) is 0 Å². The average Bonchev–Trinajstić information content (AvgIpc) is 0.769. The largest absolute Gasteiger partial charge is 0.490 e. The first kappa shape index (κ1) is 68.9. The lowest BCUT2D eigenvalue weighted by molar-refractivity contribution is 0.0320. The molecule has 105 heavy (non-hydrogen) atoms. The van der Waals surface area contributed by atoms with Crippen LogP contribution < -0.4 is 19.9 Å². The molecule has 0 unspecified atom stereocenters. The van der Waals surface area contributed by atoms with Crippen LogP contribution in [0.4, 0.5) is 19.0 Å². The molecule has 2 aliphatic heterocycles. The van der Waals surface area contributed by atoms with E-state index < -0.39 is 5.82 Å². The van der Waals surface area contributed by atoms with E-state index in [-0.39, 0.29) is 24.8 Å². The van der Waals surface area contributed by atoms with Crippen LogP contribution in [0.2, 0.25) is 5.02 Å². The van der Waals surface area contributed by atoms with Crippen LogP contribution in [-0.2, 0) is 9.47 Å². The number of rotatable bonds is 17. The molecule has 0 radical (unpaired) electrons. The van der Waals surface area contributed by atoms with Crippen LogP contribution in [0.15, 0.2) is 214 Å². The van der Waals surface area contributed by atoms with E-state index in [1.54, 1.807) is 110 Å². The molecule has 0 atom stereocenters. The number of hydrogen-bond donors (Lipinski definition) is 2. The first-order chi connectivity index (χ1) is 51.6. The molecular formula is C81H66ClF3N14O6. The third-order valence-electron chi connectivity index (χ3n) is 18.2. The van der Waals surface area contributed by atoms with Gasteiger partial charge in [0.05, 0.1) is 66.3 Å². The molecular weight excluding hydrogens is 1360 g/mol. The number of nitrogens with zero attached hydrogens (tertiary/aromatic N) is 13. The lowest BCUT2D eigenvalue weighted by atomic mass is 9.95. The minimum atomic E-state index is -0.408. The summed E-state index contributed by atoms with van der Waals surface area (Å²) in [5.41, 5.74) is 15.5. The van der Waals surface area contributed by atoms with Crippen molar-refractivity contribution in [3.05, 3.63) is 236 Å². The monoisotopic (exact) mass is 1420 g/mol. The summed E-state index contributed by atoms with van der Waals surface area (Å²) in [5, 5.41) is 17.1. The highest BCUT2D eigenvalue weighted by Gasteiger charge is 2.23. The smallest absolute Gasteiger partial charge is 0.222 e. The minimum Gasteiger partial charge on any atom is -0.490 e. The quantitative estimate of drug-likeness (QED) is 0.0861. The van der Waals surface area contributed by atoms with E-state index in [2.05, 4.69) is 64.6 Å². The van der Waals surface area contributed by atoms with Crippen LogP contribution in [0.5, 0.6) is 17.5 Å². The van der Waals surface area contributed by atoms with Gasteiger partial charge in [0.2, 0.25) is 11.8 Å². The normalized spacial score (nSPS) is 13.4. The van der Waals surface area contributed by atoms with Gasteiger partial charge in [-0.25, -0.2) is 58.0 Å². The number of ether oxygens (including phenoxy) is 5. The van der Waals surface area contributed by atoms with Gasteiger partial charge in [-0.3, -0.25) is 19.8 Å². The fraction of sp³-hybridized carbons (Fsp3) is 0.173. The number of nitrogens with two attached hydrogens (primary N) is 1. The fourth-order valence-corrected chi connectivity index (χ4v) is 13.2. The Morgan fingerprint density at radius 1 is 0.400 bits per heavy atom. The SMILES string of the molecule is Fc1ccc(Cl)cc1-c1cc(-c2cnc(OCCN3CCOCC3)c3cnccc23)c2cccnc2n1.Fc1ccccc1-c1cc(-c2cnc(OCCN3CCOCC3)c3cnccc23)c2cccnc2n1.Nc1nccc2c(-c3cc(-c4ccccc4F)nc4ncccc34)ccc(OCCO)c12. The highest BCUT2D eigenvalue weighted by molar-refractivity contribution is 6.30. The Bertz CT molecular complexity index is 5680. The minimum absolute atomic E-state index is 0.115. The molecule has 2 saturated heterocycles. The molecule has 2 fully saturated rings. The van der Waals surface area contributed by atoms with Crippen LogP contribution in [-0.4, -0.2) is 162 Å². The summed E-state index contributed by atoms with van der Waals surface area (Å²) in [6, 6.07) is 44.1. The van der Waals surface area contributed by atoms with Gasteiger partial charge in [0.15, 0.2) is 16.9 Å². The molecule has 0 spiro atoms. The number of halogens is 4. The van der Waals surface area contributed by atoms with Crippen LogP contribution in [0.3, 0.4) is 0 Å². The second kappa shape index (κ2) is 31.8. The van der Waals surface area contributed by atoms with Gasteiger partial charge in [-0.05, 0) is 160 Å². The average molecular weight is 1420 g/mol. The Morgan fingerprint density at radius 3 is 1.36 bits per heavy atom. The fourth-order valence-electron chi connectivity index (χ4n) is 13.1. The summed E-state index contributed by atoms with van der Waals surface area (Å²) in [4.78, 5) is 54.0. The molecule has 3 N–H and O–H groups in total. The van der Waals surface area contributed by atoms with Crippen molar-refractivity contribution in [3.63, 3.8) is 0 Å². The van der Waals surface area contributed by atoms with Crippen molar-refractivity contribution in [3.8, 4) is 84.7 Å². The van der Waals surface area contributed by atoms with E-state index in [0.29, 0.717) is 97.7 Å². The maximum atomic E-state index is 14.8. The van der Waals surface area contributed by atoms with Crippen LogP contribution in [0, 0.1) is 17.5 Å². The topological polar surface area (TPSA) is 241 Å². The highest BCUT2D eigenvalue weighted by atomic mass is 35.5. The molecule has 13 heterocycles. The number of aliphatic hydroxyl groups excluding tert-OH is 1. The van der Waals surface area contributed by atoms with Gasteiger partial charge < -0.3 is 34.5 Å². The summed E-state index contributed by atoms with van der Waals surface area (Å²) in [6.07, 6.45) is 17.3. The van der Waals surface area contributed by atoms with Crippen LogP contribution >= 0.6 is 11.6 Å². The number of nitrogen functional groups attached to an aromatic ring is 1. The number of pyridine rings is 11. The predicted octanol–water partition coefficient (Wildman–Crippen LogP) is 14.8. The van der Waals surface area contributed by atoms with Crippen molar-refractivity contribution in [1.82, 2.24) is 64.6 Å². The molecule has 15 aromatic rings. The number of aromatic nitrogens is 11. The highest BCUT2D eigenvalue weighted by Crippen LogP contribution is 2.43. The molecule has 0 saturated carbocycles. The van der Waals surface area contributed by atoms with E-state index in [1.807, 2.05) is 78.9 Å². The molecule has 20 nitrogen and oxygen atoms in total. The van der Waals surface area contributed by atoms with Crippen LogP contribution in [0.1, 0.15) is 0 Å². The molecule has 24 heteroatoms. The van der Waals surface area contributed by atoms with Gasteiger partial charge in [-0.1, -0.05) is 41.9 Å². The van der Waals surface area contributed by atoms with Gasteiger partial charge >= 0.3 is 0 Å². The Balaban J connectivity index is 0.000000127. The van der Waals surface area contributed by atoms with Crippen molar-refractivity contribution < 1.29 is 42.0 Å². The number of fused-ring (bicyclic) bond motifs is 6. The summed E-state index contributed by atoms with van der Waals surface area (Å²) in [7, 11) is 0. The van der Waals surface area contributed by atoms with Crippen molar-refractivity contribution in [2.45, 2.75) is 0 Å². The Morgan fingerprint density at radius 2 is 0.867 bits per heavy atom. The van der Waals surface area contributed by atoms with Crippen molar-refractivity contribution in [1.29, 1.82) is 0 Å². The third kappa shape index (κ3) is 15.0. The van der Waals surface area contributed by atoms with Gasteiger partial charge in [-0.2, -0.15) is 0 Å². The van der Waals surface area contributed by atoms with Gasteiger partial charge in [0.1, 0.15) is 48.8 Å². The van der Waals surface area contributed by atoms with Crippen molar-refractivity contribution >= 4 is 82.8 Å². The molecule has 0 bridgehead atoms. The first-order valence-electron chi connectivity index (χ1n) is 34.1. The molecule has 0 amide bonds.